The molecule has 0 saturated carbocycles. The molecule has 1 aromatic heterocycles. The molecule has 1 saturated heterocycles. The second-order valence-electron chi connectivity index (χ2n) is 4.56. The van der Waals surface area contributed by atoms with Crippen molar-refractivity contribution in [2.24, 2.45) is 0 Å². The number of carbonyl (C=O) groups is 1. The summed E-state index contributed by atoms with van der Waals surface area (Å²) in [4.78, 5) is 19.8. The number of aromatic nitrogens is 1. The lowest BCUT2D eigenvalue weighted by atomic mass is 10.2. The van der Waals surface area contributed by atoms with Gasteiger partial charge in [0, 0.05) is 19.1 Å². The lowest BCUT2D eigenvalue weighted by Gasteiger charge is -2.26. The molecule has 94 valence electrons. The van der Waals surface area contributed by atoms with Crippen molar-refractivity contribution in [1.29, 1.82) is 0 Å². The lowest BCUT2D eigenvalue weighted by Crippen LogP contribution is -2.37. The fourth-order valence-electron chi connectivity index (χ4n) is 2.20. The SMILES string of the molecule is CN(C)CC1CCCN1c1ncc(C(=O)O)s1. The molecule has 2 rings (SSSR count). The lowest BCUT2D eigenvalue weighted by molar-refractivity contribution is 0.0702. The van der Waals surface area contributed by atoms with E-state index in [0.717, 1.165) is 31.1 Å². The van der Waals surface area contributed by atoms with Crippen molar-refractivity contribution < 1.29 is 9.90 Å². The molecular formula is C11H17N3O2S. The number of aromatic carboxylic acids is 1. The van der Waals surface area contributed by atoms with Crippen molar-refractivity contribution in [3.05, 3.63) is 11.1 Å². The summed E-state index contributed by atoms with van der Waals surface area (Å²) in [5.41, 5.74) is 0. The van der Waals surface area contributed by atoms with Crippen LogP contribution in [-0.2, 0) is 0 Å². The van der Waals surface area contributed by atoms with Crippen LogP contribution in [0.4, 0.5) is 5.13 Å². The smallest absolute Gasteiger partial charge is 0.347 e. The van der Waals surface area contributed by atoms with E-state index in [4.69, 9.17) is 5.11 Å². The molecule has 0 aromatic carbocycles. The standard InChI is InChI=1S/C11H17N3O2S/c1-13(2)7-8-4-3-5-14(8)11-12-6-9(17-11)10(15)16/h6,8H,3-5,7H2,1-2H3,(H,15,16). The van der Waals surface area contributed by atoms with Crippen LogP contribution in [0.3, 0.4) is 0 Å². The number of nitrogens with zero attached hydrogens (tertiary/aromatic N) is 3. The van der Waals surface area contributed by atoms with E-state index in [9.17, 15) is 4.79 Å². The van der Waals surface area contributed by atoms with E-state index in [0.29, 0.717) is 10.9 Å². The van der Waals surface area contributed by atoms with Gasteiger partial charge in [-0.25, -0.2) is 9.78 Å². The first-order valence-corrected chi connectivity index (χ1v) is 6.50. The van der Waals surface area contributed by atoms with Crippen LogP contribution in [0.1, 0.15) is 22.5 Å². The zero-order valence-corrected chi connectivity index (χ0v) is 10.9. The quantitative estimate of drug-likeness (QED) is 0.880. The molecule has 5 nitrogen and oxygen atoms in total. The molecule has 2 heterocycles. The zero-order valence-electron chi connectivity index (χ0n) is 10.1. The Morgan fingerprint density at radius 2 is 2.47 bits per heavy atom. The van der Waals surface area contributed by atoms with Crippen LogP contribution in [0.25, 0.3) is 0 Å². The van der Waals surface area contributed by atoms with Gasteiger partial charge in [-0.05, 0) is 26.9 Å². The molecule has 0 amide bonds. The Morgan fingerprint density at radius 3 is 3.06 bits per heavy atom. The van der Waals surface area contributed by atoms with Gasteiger partial charge >= 0.3 is 5.97 Å². The van der Waals surface area contributed by atoms with Crippen LogP contribution in [0.15, 0.2) is 6.20 Å². The van der Waals surface area contributed by atoms with E-state index in [1.54, 1.807) is 0 Å². The van der Waals surface area contributed by atoms with Crippen molar-refractivity contribution in [2.45, 2.75) is 18.9 Å². The fraction of sp³-hybridized carbons (Fsp3) is 0.636. The number of thiazole rings is 1. The summed E-state index contributed by atoms with van der Waals surface area (Å²) < 4.78 is 0. The van der Waals surface area contributed by atoms with Crippen molar-refractivity contribution in [3.63, 3.8) is 0 Å². The maximum absolute atomic E-state index is 10.8. The Hall–Kier alpha value is -1.14. The van der Waals surface area contributed by atoms with E-state index in [1.807, 2.05) is 0 Å². The van der Waals surface area contributed by atoms with Crippen molar-refractivity contribution in [1.82, 2.24) is 9.88 Å². The molecule has 0 spiro atoms. The Kier molecular flexibility index (Phi) is 3.63. The third-order valence-electron chi connectivity index (χ3n) is 2.90. The van der Waals surface area contributed by atoms with Gasteiger partial charge in [-0.3, -0.25) is 0 Å². The Balaban J connectivity index is 2.11. The average molecular weight is 255 g/mol. The van der Waals surface area contributed by atoms with Gasteiger partial charge in [0.15, 0.2) is 5.13 Å². The van der Waals surface area contributed by atoms with Crippen molar-refractivity contribution in [3.8, 4) is 0 Å². The molecule has 1 aliphatic rings. The molecule has 6 heteroatoms. The van der Waals surface area contributed by atoms with Gasteiger partial charge in [0.05, 0.1) is 6.20 Å². The Labute approximate surface area is 105 Å². The molecule has 17 heavy (non-hydrogen) atoms. The molecule has 1 aliphatic heterocycles. The average Bonchev–Trinajstić information content (AvgIpc) is 2.83. The highest BCUT2D eigenvalue weighted by atomic mass is 32.1. The van der Waals surface area contributed by atoms with Gasteiger partial charge in [-0.1, -0.05) is 11.3 Å². The summed E-state index contributed by atoms with van der Waals surface area (Å²) in [6, 6.07) is 0.456. The van der Waals surface area contributed by atoms with Crippen LogP contribution >= 0.6 is 11.3 Å². The third kappa shape index (κ3) is 2.76. The Bertz CT molecular complexity index is 405. The topological polar surface area (TPSA) is 56.7 Å². The first-order chi connectivity index (χ1) is 8.08. The van der Waals surface area contributed by atoms with E-state index in [2.05, 4.69) is 28.9 Å². The summed E-state index contributed by atoms with van der Waals surface area (Å²) in [5.74, 6) is -0.892. The highest BCUT2D eigenvalue weighted by Gasteiger charge is 2.27. The van der Waals surface area contributed by atoms with Crippen LogP contribution in [0, 0.1) is 0 Å². The molecule has 1 atom stereocenters. The second kappa shape index (κ2) is 5.01. The van der Waals surface area contributed by atoms with E-state index >= 15 is 0 Å². The summed E-state index contributed by atoms with van der Waals surface area (Å²) in [6.45, 7) is 1.97. The normalized spacial score (nSPS) is 20.2. The number of hydrogen-bond acceptors (Lipinski definition) is 5. The minimum absolute atomic E-state index is 0.315. The van der Waals surface area contributed by atoms with Crippen LogP contribution in [-0.4, -0.2) is 54.2 Å². The number of anilines is 1. The minimum Gasteiger partial charge on any atom is -0.477 e. The molecule has 0 bridgehead atoms. The summed E-state index contributed by atoms with van der Waals surface area (Å²) >= 11 is 1.27. The molecule has 1 fully saturated rings. The van der Waals surface area contributed by atoms with Gasteiger partial charge in [0.2, 0.25) is 0 Å². The first-order valence-electron chi connectivity index (χ1n) is 5.68. The van der Waals surface area contributed by atoms with Crippen molar-refractivity contribution >= 4 is 22.4 Å². The van der Waals surface area contributed by atoms with Gasteiger partial charge in [0.25, 0.3) is 0 Å². The maximum Gasteiger partial charge on any atom is 0.347 e. The number of hydrogen-bond donors (Lipinski definition) is 1. The number of rotatable bonds is 4. The van der Waals surface area contributed by atoms with Gasteiger partial charge in [-0.2, -0.15) is 0 Å². The van der Waals surface area contributed by atoms with Gasteiger partial charge in [0.1, 0.15) is 4.88 Å². The molecule has 1 N–H and O–H groups in total. The summed E-state index contributed by atoms with van der Waals surface area (Å²) in [7, 11) is 4.11. The molecular weight excluding hydrogens is 238 g/mol. The first kappa shape index (κ1) is 12.3. The predicted molar refractivity (Wildman–Crippen MR) is 68.0 cm³/mol. The fourth-order valence-corrected chi connectivity index (χ4v) is 3.05. The molecule has 0 aliphatic carbocycles. The third-order valence-corrected chi connectivity index (χ3v) is 3.93. The van der Waals surface area contributed by atoms with E-state index in [-0.39, 0.29) is 0 Å². The predicted octanol–water partition coefficient (Wildman–Crippen LogP) is 1.37. The summed E-state index contributed by atoms with van der Waals surface area (Å²) in [5, 5.41) is 9.74. The number of carboxylic acids is 1. The number of carboxylic acid groups (broad SMARTS) is 1. The van der Waals surface area contributed by atoms with E-state index < -0.39 is 5.97 Å². The monoisotopic (exact) mass is 255 g/mol. The molecule has 1 unspecified atom stereocenters. The number of likely N-dealkylation sites (N-methyl/N-ethyl adjacent to an activating group) is 1. The van der Waals surface area contributed by atoms with Crippen LogP contribution < -0.4 is 4.90 Å². The zero-order chi connectivity index (χ0) is 12.4. The van der Waals surface area contributed by atoms with Crippen LogP contribution in [0.5, 0.6) is 0 Å². The largest absolute Gasteiger partial charge is 0.477 e. The van der Waals surface area contributed by atoms with Gasteiger partial charge < -0.3 is 14.9 Å². The molecule has 1 aromatic rings. The van der Waals surface area contributed by atoms with E-state index in [1.165, 1.54) is 17.5 Å². The Morgan fingerprint density at radius 1 is 1.71 bits per heavy atom. The minimum atomic E-state index is -0.892. The highest BCUT2D eigenvalue weighted by Crippen LogP contribution is 2.29. The summed E-state index contributed by atoms with van der Waals surface area (Å²) in [6.07, 6.45) is 3.76. The second-order valence-corrected chi connectivity index (χ2v) is 5.57. The maximum atomic E-state index is 10.8. The molecule has 0 radical (unpaired) electrons. The van der Waals surface area contributed by atoms with Crippen molar-refractivity contribution in [2.75, 3.05) is 32.1 Å². The highest BCUT2D eigenvalue weighted by molar-refractivity contribution is 7.17. The van der Waals surface area contributed by atoms with Gasteiger partial charge in [-0.15, -0.1) is 0 Å². The van der Waals surface area contributed by atoms with Crippen LogP contribution in [0.2, 0.25) is 0 Å².